The van der Waals surface area contributed by atoms with Gasteiger partial charge in [-0.15, -0.1) is 10.2 Å². The molecule has 0 aliphatic heterocycles. The lowest BCUT2D eigenvalue weighted by molar-refractivity contribution is -0.130. The first kappa shape index (κ1) is 23.9. The minimum Gasteiger partial charge on any atom is -0.497 e. The molecule has 3 rings (SSSR count). The van der Waals surface area contributed by atoms with Crippen LogP contribution in [0.25, 0.3) is 11.4 Å². The van der Waals surface area contributed by atoms with E-state index >= 15 is 0 Å². The summed E-state index contributed by atoms with van der Waals surface area (Å²) in [6.45, 7) is 7.70. The van der Waals surface area contributed by atoms with Gasteiger partial charge in [-0.1, -0.05) is 55.4 Å². The minimum atomic E-state index is 0.102. The maximum absolute atomic E-state index is 13.1. The highest BCUT2D eigenvalue weighted by atomic mass is 32.2. The maximum atomic E-state index is 13.1. The number of nitrogens with zero attached hydrogens (tertiary/aromatic N) is 4. The fourth-order valence-electron chi connectivity index (χ4n) is 3.41. The van der Waals surface area contributed by atoms with Crippen LogP contribution in [0.15, 0.2) is 59.8 Å². The Balaban J connectivity index is 1.75. The Morgan fingerprint density at radius 1 is 1.09 bits per heavy atom. The van der Waals surface area contributed by atoms with E-state index in [1.54, 1.807) is 7.11 Å². The quantitative estimate of drug-likeness (QED) is 0.370. The van der Waals surface area contributed by atoms with Crippen LogP contribution < -0.4 is 4.74 Å². The van der Waals surface area contributed by atoms with E-state index < -0.39 is 0 Å². The third kappa shape index (κ3) is 6.13. The van der Waals surface area contributed by atoms with Gasteiger partial charge in [-0.3, -0.25) is 4.79 Å². The standard InChI is InChI=1S/C25H32N4O2S/c1-5-6-16-28-24(21-12-14-22(31-4)15-13-21)26-27-25(28)32-18-23(30)29(19(2)3)17-20-10-8-7-9-11-20/h7-15,19H,5-6,16-18H2,1-4H3. The molecule has 32 heavy (non-hydrogen) atoms. The molecule has 2 aromatic carbocycles. The van der Waals surface area contributed by atoms with E-state index in [-0.39, 0.29) is 11.9 Å². The molecule has 3 aromatic rings. The monoisotopic (exact) mass is 452 g/mol. The second-order valence-corrected chi connectivity index (χ2v) is 8.87. The lowest BCUT2D eigenvalue weighted by Gasteiger charge is -2.27. The van der Waals surface area contributed by atoms with E-state index in [4.69, 9.17) is 4.74 Å². The number of unbranched alkanes of at least 4 members (excludes halogenated alkanes) is 1. The van der Waals surface area contributed by atoms with E-state index in [0.29, 0.717) is 12.3 Å². The average Bonchev–Trinajstić information content (AvgIpc) is 3.22. The van der Waals surface area contributed by atoms with Crippen molar-refractivity contribution < 1.29 is 9.53 Å². The van der Waals surface area contributed by atoms with Crippen molar-refractivity contribution in [2.75, 3.05) is 12.9 Å². The Hall–Kier alpha value is -2.80. The molecule has 0 saturated carbocycles. The van der Waals surface area contributed by atoms with Crippen LogP contribution in [0.5, 0.6) is 5.75 Å². The second-order valence-electron chi connectivity index (χ2n) is 7.93. The van der Waals surface area contributed by atoms with Gasteiger partial charge in [0.25, 0.3) is 0 Å². The molecule has 170 valence electrons. The summed E-state index contributed by atoms with van der Waals surface area (Å²) in [7, 11) is 1.66. The molecule has 7 heteroatoms. The molecule has 0 aliphatic carbocycles. The highest BCUT2D eigenvalue weighted by molar-refractivity contribution is 7.99. The van der Waals surface area contributed by atoms with Crippen LogP contribution in [-0.4, -0.2) is 44.5 Å². The molecule has 0 atom stereocenters. The number of carbonyl (C=O) groups is 1. The van der Waals surface area contributed by atoms with Gasteiger partial charge in [0.2, 0.25) is 5.91 Å². The minimum absolute atomic E-state index is 0.102. The summed E-state index contributed by atoms with van der Waals surface area (Å²) in [6, 6.07) is 18.1. The highest BCUT2D eigenvalue weighted by Crippen LogP contribution is 2.26. The van der Waals surface area contributed by atoms with E-state index in [9.17, 15) is 4.79 Å². The van der Waals surface area contributed by atoms with Gasteiger partial charge in [0.15, 0.2) is 11.0 Å². The Morgan fingerprint density at radius 2 is 1.81 bits per heavy atom. The van der Waals surface area contributed by atoms with E-state index in [2.05, 4.69) is 47.7 Å². The van der Waals surface area contributed by atoms with E-state index in [1.807, 2.05) is 47.4 Å². The first-order chi connectivity index (χ1) is 15.5. The molecule has 0 fully saturated rings. The van der Waals surface area contributed by atoms with Gasteiger partial charge >= 0.3 is 0 Å². The van der Waals surface area contributed by atoms with E-state index in [0.717, 1.165) is 47.2 Å². The molecule has 0 radical (unpaired) electrons. The Bertz CT molecular complexity index is 987. The molecule has 1 heterocycles. The first-order valence-electron chi connectivity index (χ1n) is 11.1. The summed E-state index contributed by atoms with van der Waals surface area (Å²) in [6.07, 6.45) is 2.09. The Labute approximate surface area is 195 Å². The zero-order valence-corrected chi connectivity index (χ0v) is 20.1. The molecular formula is C25H32N4O2S. The van der Waals surface area contributed by atoms with Gasteiger partial charge in [0, 0.05) is 24.7 Å². The summed E-state index contributed by atoms with van der Waals surface area (Å²) in [5.41, 5.74) is 2.12. The molecule has 1 aromatic heterocycles. The first-order valence-corrected chi connectivity index (χ1v) is 12.1. The van der Waals surface area contributed by atoms with Gasteiger partial charge < -0.3 is 14.2 Å². The Morgan fingerprint density at radius 3 is 2.44 bits per heavy atom. The molecule has 0 saturated heterocycles. The van der Waals surface area contributed by atoms with E-state index in [1.165, 1.54) is 11.8 Å². The smallest absolute Gasteiger partial charge is 0.233 e. The van der Waals surface area contributed by atoms with Crippen LogP contribution >= 0.6 is 11.8 Å². The van der Waals surface area contributed by atoms with Crippen LogP contribution in [0.1, 0.15) is 39.2 Å². The van der Waals surface area contributed by atoms with Gasteiger partial charge in [-0.2, -0.15) is 0 Å². The van der Waals surface area contributed by atoms with Crippen molar-refractivity contribution >= 4 is 17.7 Å². The number of rotatable bonds is 11. The van der Waals surface area contributed by atoms with Crippen LogP contribution in [0.3, 0.4) is 0 Å². The van der Waals surface area contributed by atoms with Crippen LogP contribution in [0, 0.1) is 0 Å². The van der Waals surface area contributed by atoms with Crippen molar-refractivity contribution in [2.45, 2.75) is 57.9 Å². The van der Waals surface area contributed by atoms with Gasteiger partial charge in [-0.05, 0) is 50.1 Å². The molecule has 0 spiro atoms. The topological polar surface area (TPSA) is 60.2 Å². The predicted molar refractivity (Wildman–Crippen MR) is 130 cm³/mol. The number of carbonyl (C=O) groups excluding carboxylic acids is 1. The summed E-state index contributed by atoms with van der Waals surface area (Å²) in [4.78, 5) is 15.0. The zero-order chi connectivity index (χ0) is 22.9. The number of hydrogen-bond donors (Lipinski definition) is 0. The average molecular weight is 453 g/mol. The number of ether oxygens (including phenoxy) is 1. The van der Waals surface area contributed by atoms with Gasteiger partial charge in [-0.25, -0.2) is 0 Å². The molecule has 0 aliphatic rings. The van der Waals surface area contributed by atoms with Crippen molar-refractivity contribution in [3.63, 3.8) is 0 Å². The summed E-state index contributed by atoms with van der Waals surface area (Å²) < 4.78 is 7.39. The number of hydrogen-bond acceptors (Lipinski definition) is 5. The lowest BCUT2D eigenvalue weighted by atomic mass is 10.2. The van der Waals surface area contributed by atoms with Crippen molar-refractivity contribution in [2.24, 2.45) is 0 Å². The zero-order valence-electron chi connectivity index (χ0n) is 19.3. The Kier molecular flexibility index (Phi) is 8.73. The van der Waals surface area contributed by atoms with Crippen LogP contribution in [-0.2, 0) is 17.9 Å². The SMILES string of the molecule is CCCCn1c(SCC(=O)N(Cc2ccccc2)C(C)C)nnc1-c1ccc(OC)cc1. The van der Waals surface area contributed by atoms with Crippen molar-refractivity contribution in [1.29, 1.82) is 0 Å². The van der Waals surface area contributed by atoms with Crippen LogP contribution in [0.2, 0.25) is 0 Å². The lowest BCUT2D eigenvalue weighted by Crippen LogP contribution is -2.37. The number of amides is 1. The van der Waals surface area contributed by atoms with Gasteiger partial charge in [0.05, 0.1) is 12.9 Å². The van der Waals surface area contributed by atoms with Crippen molar-refractivity contribution in [3.05, 3.63) is 60.2 Å². The fourth-order valence-corrected chi connectivity index (χ4v) is 4.27. The molecule has 0 N–H and O–H groups in total. The summed E-state index contributed by atoms with van der Waals surface area (Å²) >= 11 is 1.46. The maximum Gasteiger partial charge on any atom is 0.233 e. The molecule has 6 nitrogen and oxygen atoms in total. The predicted octanol–water partition coefficient (Wildman–Crippen LogP) is 5.28. The van der Waals surface area contributed by atoms with Gasteiger partial charge in [0.1, 0.15) is 5.75 Å². The molecular weight excluding hydrogens is 420 g/mol. The number of aromatic nitrogens is 3. The normalized spacial score (nSPS) is 11.0. The highest BCUT2D eigenvalue weighted by Gasteiger charge is 2.20. The van der Waals surface area contributed by atoms with Crippen LogP contribution in [0.4, 0.5) is 0 Å². The number of methoxy groups -OCH3 is 1. The van der Waals surface area contributed by atoms with Crippen molar-refractivity contribution in [3.8, 4) is 17.1 Å². The second kappa shape index (κ2) is 11.7. The number of benzene rings is 2. The largest absolute Gasteiger partial charge is 0.497 e. The number of thioether (sulfide) groups is 1. The molecule has 0 bridgehead atoms. The van der Waals surface area contributed by atoms with Crippen molar-refractivity contribution in [1.82, 2.24) is 19.7 Å². The summed E-state index contributed by atoms with van der Waals surface area (Å²) in [5, 5.41) is 9.65. The molecule has 1 amide bonds. The third-order valence-corrected chi connectivity index (χ3v) is 6.22. The molecule has 0 unspecified atom stereocenters. The summed E-state index contributed by atoms with van der Waals surface area (Å²) in [5.74, 6) is 2.06. The fraction of sp³-hybridized carbons (Fsp3) is 0.400. The third-order valence-electron chi connectivity index (χ3n) is 5.26.